The van der Waals surface area contributed by atoms with E-state index < -0.39 is 0 Å². The van der Waals surface area contributed by atoms with Crippen LogP contribution >= 0.6 is 11.3 Å². The molecule has 0 unspecified atom stereocenters. The van der Waals surface area contributed by atoms with Crippen LogP contribution in [0.4, 0.5) is 11.4 Å². The Morgan fingerprint density at radius 2 is 1.90 bits per heavy atom. The minimum Gasteiger partial charge on any atom is -0.324 e. The van der Waals surface area contributed by atoms with Crippen molar-refractivity contribution >= 4 is 39.4 Å². The van der Waals surface area contributed by atoms with Gasteiger partial charge in [-0.2, -0.15) is 10.2 Å². The zero-order valence-corrected chi connectivity index (χ0v) is 23.2. The molecule has 0 radical (unpaired) electrons. The predicted molar refractivity (Wildman–Crippen MR) is 151 cm³/mol. The average molecular weight is 548 g/mol. The first kappa shape index (κ1) is 25.7. The predicted octanol–water partition coefficient (Wildman–Crippen LogP) is 3.42. The number of likely N-dealkylation sites (tertiary alicyclic amines) is 1. The highest BCUT2D eigenvalue weighted by Crippen LogP contribution is 2.32. The van der Waals surface area contributed by atoms with E-state index in [1.54, 1.807) is 23.0 Å². The van der Waals surface area contributed by atoms with Crippen LogP contribution in [-0.4, -0.2) is 73.8 Å². The number of hydrogen-bond donors (Lipinski definition) is 3. The highest BCUT2D eigenvalue weighted by Gasteiger charge is 2.34. The highest BCUT2D eigenvalue weighted by atomic mass is 32.1. The van der Waals surface area contributed by atoms with E-state index in [-0.39, 0.29) is 17.2 Å². The second-order valence-electron chi connectivity index (χ2n) is 11.3. The van der Waals surface area contributed by atoms with E-state index in [0.717, 1.165) is 54.3 Å². The Morgan fingerprint density at radius 1 is 1.10 bits per heavy atom. The average Bonchev–Trinajstić information content (AvgIpc) is 3.61. The van der Waals surface area contributed by atoms with E-state index in [4.69, 9.17) is 0 Å². The van der Waals surface area contributed by atoms with Gasteiger partial charge in [-0.3, -0.25) is 24.2 Å². The lowest BCUT2D eigenvalue weighted by atomic mass is 9.84. The number of nitrogens with one attached hydrogen (secondary N) is 3. The molecule has 6 heterocycles. The molecule has 0 bridgehead atoms. The first-order valence-electron chi connectivity index (χ1n) is 13.3. The molecule has 204 valence electrons. The van der Waals surface area contributed by atoms with Gasteiger partial charge < -0.3 is 16.0 Å². The van der Waals surface area contributed by atoms with Crippen molar-refractivity contribution < 1.29 is 9.59 Å². The molecule has 2 amide bonds. The number of pyridine rings is 1. The number of carbonyl (C=O) groups excluding carboxylic acids is 2. The van der Waals surface area contributed by atoms with Gasteiger partial charge in [0.2, 0.25) is 5.91 Å². The SMILES string of the molecule is Cc1ncc(NC(=O)CN2CC(C)(C)C2)cc1NC(=O)c1cnn2cc(-c3cnn(C4CCNCC4)c3)sc12. The first-order valence-corrected chi connectivity index (χ1v) is 14.1. The summed E-state index contributed by atoms with van der Waals surface area (Å²) in [5.41, 5.74) is 3.51. The molecule has 12 heteroatoms. The van der Waals surface area contributed by atoms with Gasteiger partial charge >= 0.3 is 0 Å². The molecular weight excluding hydrogens is 514 g/mol. The van der Waals surface area contributed by atoms with E-state index in [0.29, 0.717) is 35.2 Å². The molecule has 0 spiro atoms. The number of nitrogens with zero attached hydrogens (tertiary/aromatic N) is 6. The molecule has 0 aliphatic carbocycles. The standard InChI is InChI=1S/C27H33N9O2S/c1-17-22(8-19(10-29-17)32-24(37)14-34-15-27(2,3)16-34)33-25(38)21-11-31-36-13-23(39-26(21)36)18-9-30-35(12-18)20-4-6-28-7-5-20/h8-13,20,28H,4-7,14-16H2,1-3H3,(H,32,37)(H,33,38). The molecule has 2 aliphatic rings. The van der Waals surface area contributed by atoms with Crippen LogP contribution in [-0.2, 0) is 4.79 Å². The van der Waals surface area contributed by atoms with Gasteiger partial charge in [0.25, 0.3) is 5.91 Å². The van der Waals surface area contributed by atoms with Crippen LogP contribution in [0, 0.1) is 12.3 Å². The summed E-state index contributed by atoms with van der Waals surface area (Å²) >= 11 is 1.51. The minimum atomic E-state index is -0.278. The molecular formula is C27H33N9O2S. The van der Waals surface area contributed by atoms with Crippen molar-refractivity contribution in [3.8, 4) is 10.4 Å². The van der Waals surface area contributed by atoms with Crippen molar-refractivity contribution in [2.75, 3.05) is 43.4 Å². The van der Waals surface area contributed by atoms with Gasteiger partial charge in [-0.15, -0.1) is 11.3 Å². The largest absolute Gasteiger partial charge is 0.324 e. The van der Waals surface area contributed by atoms with E-state index in [1.807, 2.05) is 19.3 Å². The Balaban J connectivity index is 1.14. The van der Waals surface area contributed by atoms with Gasteiger partial charge in [0.1, 0.15) is 4.83 Å². The maximum absolute atomic E-state index is 13.3. The zero-order valence-electron chi connectivity index (χ0n) is 22.4. The van der Waals surface area contributed by atoms with Gasteiger partial charge in [0.15, 0.2) is 0 Å². The third kappa shape index (κ3) is 5.45. The fraction of sp³-hybridized carbons (Fsp3) is 0.444. The van der Waals surface area contributed by atoms with E-state index >= 15 is 0 Å². The molecule has 3 N–H and O–H groups in total. The Labute approximate surface area is 230 Å². The van der Waals surface area contributed by atoms with Crippen LogP contribution in [0.2, 0.25) is 0 Å². The Kier molecular flexibility index (Phi) is 6.69. The van der Waals surface area contributed by atoms with Crippen LogP contribution in [0.25, 0.3) is 15.3 Å². The minimum absolute atomic E-state index is 0.0960. The van der Waals surface area contributed by atoms with Gasteiger partial charge in [-0.05, 0) is 44.3 Å². The molecule has 11 nitrogen and oxygen atoms in total. The quantitative estimate of drug-likeness (QED) is 0.324. The molecule has 0 atom stereocenters. The van der Waals surface area contributed by atoms with Crippen molar-refractivity contribution in [2.24, 2.45) is 5.41 Å². The lowest BCUT2D eigenvalue weighted by Crippen LogP contribution is -2.54. The summed E-state index contributed by atoms with van der Waals surface area (Å²) in [5, 5.41) is 18.3. The van der Waals surface area contributed by atoms with E-state index in [9.17, 15) is 9.59 Å². The highest BCUT2D eigenvalue weighted by molar-refractivity contribution is 7.21. The van der Waals surface area contributed by atoms with Crippen LogP contribution in [0.5, 0.6) is 0 Å². The van der Waals surface area contributed by atoms with Crippen LogP contribution in [0.15, 0.2) is 37.1 Å². The van der Waals surface area contributed by atoms with Gasteiger partial charge in [-0.1, -0.05) is 13.8 Å². The zero-order chi connectivity index (χ0) is 27.1. The maximum Gasteiger partial charge on any atom is 0.260 e. The number of piperidine rings is 1. The van der Waals surface area contributed by atoms with Gasteiger partial charge in [0.05, 0.1) is 58.7 Å². The lowest BCUT2D eigenvalue weighted by Gasteiger charge is -2.45. The lowest BCUT2D eigenvalue weighted by molar-refractivity contribution is -0.120. The summed E-state index contributed by atoms with van der Waals surface area (Å²) in [4.78, 5) is 34.0. The summed E-state index contributed by atoms with van der Waals surface area (Å²) in [6, 6.07) is 2.15. The van der Waals surface area contributed by atoms with E-state index in [1.165, 1.54) is 11.3 Å². The second kappa shape index (κ2) is 10.2. The maximum atomic E-state index is 13.3. The molecule has 39 heavy (non-hydrogen) atoms. The number of aryl methyl sites for hydroxylation is 1. The van der Waals surface area contributed by atoms with Crippen molar-refractivity contribution in [1.82, 2.24) is 34.6 Å². The summed E-state index contributed by atoms with van der Waals surface area (Å²) in [7, 11) is 0. The molecule has 6 rings (SSSR count). The van der Waals surface area contributed by atoms with E-state index in [2.05, 4.69) is 60.8 Å². The fourth-order valence-corrected chi connectivity index (χ4v) is 6.44. The number of hydrogen-bond acceptors (Lipinski definition) is 8. The smallest absolute Gasteiger partial charge is 0.260 e. The molecule has 0 saturated carbocycles. The topological polar surface area (TPSA) is 121 Å². The first-order chi connectivity index (χ1) is 18.7. The summed E-state index contributed by atoms with van der Waals surface area (Å²) in [5.74, 6) is -0.374. The van der Waals surface area contributed by atoms with Crippen LogP contribution < -0.4 is 16.0 Å². The molecule has 4 aromatic rings. The van der Waals surface area contributed by atoms with Crippen molar-refractivity contribution in [1.29, 1.82) is 0 Å². The third-order valence-electron chi connectivity index (χ3n) is 7.30. The molecule has 2 fully saturated rings. The summed E-state index contributed by atoms with van der Waals surface area (Å²) in [6.07, 6.45) is 11.2. The van der Waals surface area contributed by atoms with Crippen molar-refractivity contribution in [3.05, 3.63) is 48.3 Å². The van der Waals surface area contributed by atoms with Crippen molar-refractivity contribution in [2.45, 2.75) is 39.7 Å². The fourth-order valence-electron chi connectivity index (χ4n) is 5.41. The number of fused-ring (bicyclic) bond motifs is 1. The number of aromatic nitrogens is 5. The monoisotopic (exact) mass is 547 g/mol. The molecule has 0 aromatic carbocycles. The second-order valence-corrected chi connectivity index (χ2v) is 12.3. The van der Waals surface area contributed by atoms with Gasteiger partial charge in [-0.25, -0.2) is 4.52 Å². The Bertz CT molecular complexity index is 1520. The molecule has 2 saturated heterocycles. The molecule has 4 aromatic heterocycles. The normalized spacial score (nSPS) is 17.7. The Morgan fingerprint density at radius 3 is 2.67 bits per heavy atom. The van der Waals surface area contributed by atoms with Crippen LogP contribution in [0.3, 0.4) is 0 Å². The summed E-state index contributed by atoms with van der Waals surface area (Å²) < 4.78 is 3.79. The molecule has 2 aliphatic heterocycles. The van der Waals surface area contributed by atoms with Crippen LogP contribution in [0.1, 0.15) is 48.8 Å². The van der Waals surface area contributed by atoms with Crippen molar-refractivity contribution in [3.63, 3.8) is 0 Å². The number of anilines is 2. The number of amides is 2. The number of thiazole rings is 1. The Hall–Kier alpha value is -3.61. The van der Waals surface area contributed by atoms with Gasteiger partial charge in [0, 0.05) is 31.0 Å². The number of rotatable bonds is 7. The summed E-state index contributed by atoms with van der Waals surface area (Å²) in [6.45, 7) is 10.4. The third-order valence-corrected chi connectivity index (χ3v) is 8.46. The number of carbonyl (C=O) groups is 2.